The summed E-state index contributed by atoms with van der Waals surface area (Å²) in [5, 5.41) is 10.1. The van der Waals surface area contributed by atoms with Crippen LogP contribution in [-0.2, 0) is 0 Å². The van der Waals surface area contributed by atoms with Crippen molar-refractivity contribution in [2.45, 2.75) is 13.0 Å². The van der Waals surface area contributed by atoms with E-state index in [-0.39, 0.29) is 5.78 Å². The lowest BCUT2D eigenvalue weighted by Gasteiger charge is -2.12. The number of anilines is 1. The first-order chi connectivity index (χ1) is 8.59. The lowest BCUT2D eigenvalue weighted by atomic mass is 9.96. The standard InChI is InChI=1S/C15H15NO2/c1-10-9-12(16)7-8-13(10)15(18)14(17)11-5-3-2-4-6-11/h2-9,14,17H,16H2,1H3. The summed E-state index contributed by atoms with van der Waals surface area (Å²) < 4.78 is 0. The molecule has 0 amide bonds. The highest BCUT2D eigenvalue weighted by molar-refractivity contribution is 6.01. The van der Waals surface area contributed by atoms with Crippen molar-refractivity contribution in [3.8, 4) is 0 Å². The Balaban J connectivity index is 2.32. The molecule has 3 heteroatoms. The topological polar surface area (TPSA) is 63.3 Å². The van der Waals surface area contributed by atoms with Crippen LogP contribution in [0.1, 0.15) is 27.6 Å². The molecule has 1 unspecified atom stereocenters. The van der Waals surface area contributed by atoms with Crippen molar-refractivity contribution in [1.29, 1.82) is 0 Å². The second-order valence-corrected chi connectivity index (χ2v) is 4.25. The predicted octanol–water partition coefficient (Wildman–Crippen LogP) is 2.49. The van der Waals surface area contributed by atoms with Crippen molar-refractivity contribution in [2.75, 3.05) is 5.73 Å². The van der Waals surface area contributed by atoms with Gasteiger partial charge in [-0.2, -0.15) is 0 Å². The minimum absolute atomic E-state index is 0.307. The maximum Gasteiger partial charge on any atom is 0.196 e. The monoisotopic (exact) mass is 241 g/mol. The number of aryl methyl sites for hydroxylation is 1. The Kier molecular flexibility index (Phi) is 3.44. The zero-order chi connectivity index (χ0) is 13.1. The van der Waals surface area contributed by atoms with E-state index in [2.05, 4.69) is 0 Å². The Morgan fingerprint density at radius 2 is 1.83 bits per heavy atom. The molecule has 0 heterocycles. The second kappa shape index (κ2) is 5.02. The fourth-order valence-corrected chi connectivity index (χ4v) is 1.90. The summed E-state index contributed by atoms with van der Waals surface area (Å²) in [5.74, 6) is -0.307. The van der Waals surface area contributed by atoms with Crippen LogP contribution in [0.2, 0.25) is 0 Å². The molecule has 0 spiro atoms. The summed E-state index contributed by atoms with van der Waals surface area (Å²) in [6.07, 6.45) is -1.13. The van der Waals surface area contributed by atoms with Crippen LogP contribution in [0.5, 0.6) is 0 Å². The second-order valence-electron chi connectivity index (χ2n) is 4.25. The quantitative estimate of drug-likeness (QED) is 0.641. The zero-order valence-electron chi connectivity index (χ0n) is 10.1. The van der Waals surface area contributed by atoms with Crippen molar-refractivity contribution >= 4 is 11.5 Å². The van der Waals surface area contributed by atoms with Crippen molar-refractivity contribution in [2.24, 2.45) is 0 Å². The van der Waals surface area contributed by atoms with Crippen LogP contribution >= 0.6 is 0 Å². The molecule has 92 valence electrons. The average molecular weight is 241 g/mol. The van der Waals surface area contributed by atoms with E-state index in [9.17, 15) is 9.90 Å². The van der Waals surface area contributed by atoms with E-state index >= 15 is 0 Å². The molecule has 2 rings (SSSR count). The lowest BCUT2D eigenvalue weighted by Crippen LogP contribution is -2.13. The van der Waals surface area contributed by atoms with E-state index in [1.54, 1.807) is 49.4 Å². The first kappa shape index (κ1) is 12.3. The molecule has 0 fully saturated rings. The molecule has 18 heavy (non-hydrogen) atoms. The number of hydrogen-bond donors (Lipinski definition) is 2. The molecule has 0 aliphatic carbocycles. The highest BCUT2D eigenvalue weighted by atomic mass is 16.3. The smallest absolute Gasteiger partial charge is 0.196 e. The maximum absolute atomic E-state index is 12.2. The number of aliphatic hydroxyl groups excluding tert-OH is 1. The van der Waals surface area contributed by atoms with E-state index in [0.717, 1.165) is 5.56 Å². The number of benzene rings is 2. The van der Waals surface area contributed by atoms with Gasteiger partial charge in [0.05, 0.1) is 0 Å². The molecule has 0 aliphatic heterocycles. The summed E-state index contributed by atoms with van der Waals surface area (Å²) in [4.78, 5) is 12.2. The number of nitrogens with two attached hydrogens (primary N) is 1. The minimum Gasteiger partial charge on any atom is -0.399 e. The first-order valence-corrected chi connectivity index (χ1v) is 5.73. The summed E-state index contributed by atoms with van der Waals surface area (Å²) in [5.41, 5.74) is 8.12. The SMILES string of the molecule is Cc1cc(N)ccc1C(=O)C(O)c1ccccc1. The van der Waals surface area contributed by atoms with Crippen molar-refractivity contribution in [1.82, 2.24) is 0 Å². The maximum atomic E-state index is 12.2. The van der Waals surface area contributed by atoms with Crippen molar-refractivity contribution in [3.05, 3.63) is 65.2 Å². The number of carbonyl (C=O) groups excluding carboxylic acids is 1. The summed E-state index contributed by atoms with van der Waals surface area (Å²) >= 11 is 0. The number of ketones is 1. The summed E-state index contributed by atoms with van der Waals surface area (Å²) in [7, 11) is 0. The Labute approximate surface area is 106 Å². The molecule has 0 saturated heterocycles. The molecule has 0 bridgehead atoms. The Morgan fingerprint density at radius 1 is 1.17 bits per heavy atom. The molecule has 3 nitrogen and oxygen atoms in total. The fraction of sp³-hybridized carbons (Fsp3) is 0.133. The molecule has 0 saturated carbocycles. The van der Waals surface area contributed by atoms with E-state index in [1.807, 2.05) is 6.07 Å². The molecular formula is C15H15NO2. The van der Waals surface area contributed by atoms with Gasteiger partial charge in [-0.05, 0) is 36.2 Å². The molecule has 2 aromatic carbocycles. The van der Waals surface area contributed by atoms with Crippen LogP contribution in [0.15, 0.2) is 48.5 Å². The van der Waals surface area contributed by atoms with Crippen LogP contribution in [-0.4, -0.2) is 10.9 Å². The number of aliphatic hydroxyl groups is 1. The molecule has 2 aromatic rings. The van der Waals surface area contributed by atoms with E-state index in [4.69, 9.17) is 5.73 Å². The van der Waals surface area contributed by atoms with Gasteiger partial charge < -0.3 is 10.8 Å². The minimum atomic E-state index is -1.13. The largest absolute Gasteiger partial charge is 0.399 e. The Morgan fingerprint density at radius 3 is 2.44 bits per heavy atom. The zero-order valence-corrected chi connectivity index (χ0v) is 10.1. The number of hydrogen-bond acceptors (Lipinski definition) is 3. The highest BCUT2D eigenvalue weighted by Gasteiger charge is 2.20. The summed E-state index contributed by atoms with van der Waals surface area (Å²) in [6, 6.07) is 13.9. The lowest BCUT2D eigenvalue weighted by molar-refractivity contribution is 0.0747. The van der Waals surface area contributed by atoms with Gasteiger partial charge in [-0.15, -0.1) is 0 Å². The normalized spacial score (nSPS) is 12.1. The predicted molar refractivity (Wildman–Crippen MR) is 71.3 cm³/mol. The van der Waals surface area contributed by atoms with Gasteiger partial charge in [0.25, 0.3) is 0 Å². The number of rotatable bonds is 3. The van der Waals surface area contributed by atoms with E-state index in [0.29, 0.717) is 16.8 Å². The van der Waals surface area contributed by atoms with Crippen molar-refractivity contribution < 1.29 is 9.90 Å². The van der Waals surface area contributed by atoms with Crippen LogP contribution in [0.25, 0.3) is 0 Å². The number of Topliss-reactive ketones (excluding diaryl/α,β-unsaturated/α-hetero) is 1. The third-order valence-corrected chi connectivity index (χ3v) is 2.88. The Bertz CT molecular complexity index is 564. The van der Waals surface area contributed by atoms with Gasteiger partial charge in [0.2, 0.25) is 0 Å². The first-order valence-electron chi connectivity index (χ1n) is 5.73. The van der Waals surface area contributed by atoms with Gasteiger partial charge in [0.1, 0.15) is 6.10 Å². The highest BCUT2D eigenvalue weighted by Crippen LogP contribution is 2.21. The van der Waals surface area contributed by atoms with Gasteiger partial charge in [-0.3, -0.25) is 4.79 Å². The van der Waals surface area contributed by atoms with Crippen LogP contribution < -0.4 is 5.73 Å². The third-order valence-electron chi connectivity index (χ3n) is 2.88. The molecule has 0 radical (unpaired) electrons. The van der Waals surface area contributed by atoms with Gasteiger partial charge in [0, 0.05) is 11.3 Å². The van der Waals surface area contributed by atoms with Crippen LogP contribution in [0.3, 0.4) is 0 Å². The van der Waals surface area contributed by atoms with E-state index < -0.39 is 6.10 Å². The van der Waals surface area contributed by atoms with Crippen LogP contribution in [0.4, 0.5) is 5.69 Å². The third kappa shape index (κ3) is 2.41. The van der Waals surface area contributed by atoms with Crippen LogP contribution in [0, 0.1) is 6.92 Å². The molecule has 0 aliphatic rings. The molecule has 0 aromatic heterocycles. The average Bonchev–Trinajstić information content (AvgIpc) is 2.38. The number of carbonyl (C=O) groups is 1. The Hall–Kier alpha value is -2.13. The van der Waals surface area contributed by atoms with E-state index in [1.165, 1.54) is 0 Å². The molecule has 1 atom stereocenters. The van der Waals surface area contributed by atoms with Gasteiger partial charge in [-0.25, -0.2) is 0 Å². The summed E-state index contributed by atoms with van der Waals surface area (Å²) in [6.45, 7) is 1.81. The van der Waals surface area contributed by atoms with Gasteiger partial charge in [0.15, 0.2) is 5.78 Å². The molecular weight excluding hydrogens is 226 g/mol. The molecule has 3 N–H and O–H groups in total. The van der Waals surface area contributed by atoms with Crippen molar-refractivity contribution in [3.63, 3.8) is 0 Å². The number of nitrogen functional groups attached to an aromatic ring is 1. The fourth-order valence-electron chi connectivity index (χ4n) is 1.90. The van der Waals surface area contributed by atoms with Gasteiger partial charge in [-0.1, -0.05) is 30.3 Å². The van der Waals surface area contributed by atoms with Gasteiger partial charge >= 0.3 is 0 Å².